The fourth-order valence-electron chi connectivity index (χ4n) is 3.79. The van der Waals surface area contributed by atoms with E-state index < -0.39 is 0 Å². The molecule has 30 heavy (non-hydrogen) atoms. The van der Waals surface area contributed by atoms with Crippen LogP contribution in [-0.4, -0.2) is 20.9 Å². The van der Waals surface area contributed by atoms with Crippen molar-refractivity contribution in [3.8, 4) is 11.3 Å². The van der Waals surface area contributed by atoms with Gasteiger partial charge in [0.25, 0.3) is 0 Å². The molecule has 2 aromatic carbocycles. The van der Waals surface area contributed by atoms with E-state index in [9.17, 15) is 0 Å². The number of benzene rings is 2. The Morgan fingerprint density at radius 1 is 1.03 bits per heavy atom. The summed E-state index contributed by atoms with van der Waals surface area (Å²) in [4.78, 5) is 12.0. The molecular formula is C24H24Cl2N4. The average molecular weight is 439 g/mol. The molecule has 0 atom stereocenters. The summed E-state index contributed by atoms with van der Waals surface area (Å²) in [6.07, 6.45) is 5.67. The van der Waals surface area contributed by atoms with Gasteiger partial charge in [0, 0.05) is 36.1 Å². The number of hydrogen-bond donors (Lipinski definition) is 0. The van der Waals surface area contributed by atoms with Crippen LogP contribution >= 0.6 is 23.2 Å². The lowest BCUT2D eigenvalue weighted by Gasteiger charge is -2.25. The lowest BCUT2D eigenvalue weighted by atomic mass is 10.1. The lowest BCUT2D eigenvalue weighted by molar-refractivity contribution is 0.744. The van der Waals surface area contributed by atoms with Crippen LogP contribution in [0.2, 0.25) is 10.0 Å². The number of rotatable bonds is 7. The molecule has 0 amide bonds. The van der Waals surface area contributed by atoms with E-state index in [0.717, 1.165) is 54.3 Å². The summed E-state index contributed by atoms with van der Waals surface area (Å²) in [5.74, 6) is 1.12. The molecule has 6 heteroatoms. The Bertz CT molecular complexity index is 1150. The Labute approximate surface area is 187 Å². The quantitative estimate of drug-likeness (QED) is 0.322. The first-order valence-electron chi connectivity index (χ1n) is 10.2. The number of nitrogens with zero attached hydrogens (tertiary/aromatic N) is 4. The molecule has 0 aliphatic heterocycles. The van der Waals surface area contributed by atoms with E-state index in [1.54, 1.807) is 6.07 Å². The summed E-state index contributed by atoms with van der Waals surface area (Å²) in [6.45, 7) is 6.11. The molecule has 0 aliphatic carbocycles. The van der Waals surface area contributed by atoms with Gasteiger partial charge < -0.3 is 4.90 Å². The van der Waals surface area contributed by atoms with Gasteiger partial charge in [0.1, 0.15) is 11.5 Å². The minimum absolute atomic E-state index is 0.570. The molecule has 0 spiro atoms. The predicted octanol–water partition coefficient (Wildman–Crippen LogP) is 6.68. The second-order valence-corrected chi connectivity index (χ2v) is 8.08. The van der Waals surface area contributed by atoms with Gasteiger partial charge in [-0.2, -0.15) is 0 Å². The van der Waals surface area contributed by atoms with Crippen molar-refractivity contribution in [2.45, 2.75) is 33.2 Å². The summed E-state index contributed by atoms with van der Waals surface area (Å²) in [5, 5.41) is 1.17. The molecule has 0 unspecified atom stereocenters. The van der Waals surface area contributed by atoms with Crippen molar-refractivity contribution in [1.82, 2.24) is 14.4 Å². The van der Waals surface area contributed by atoms with Crippen molar-refractivity contribution in [2.75, 3.05) is 11.4 Å². The summed E-state index contributed by atoms with van der Waals surface area (Å²) >= 11 is 12.6. The van der Waals surface area contributed by atoms with Gasteiger partial charge in [0.15, 0.2) is 5.65 Å². The zero-order valence-corrected chi connectivity index (χ0v) is 18.7. The summed E-state index contributed by atoms with van der Waals surface area (Å²) in [6, 6.07) is 16.0. The van der Waals surface area contributed by atoms with Crippen LogP contribution in [0, 0.1) is 0 Å². The zero-order valence-electron chi connectivity index (χ0n) is 17.1. The molecule has 154 valence electrons. The third-order valence-electron chi connectivity index (χ3n) is 5.12. The Morgan fingerprint density at radius 3 is 2.53 bits per heavy atom. The van der Waals surface area contributed by atoms with E-state index in [2.05, 4.69) is 52.4 Å². The molecule has 0 bridgehead atoms. The third-order valence-corrected chi connectivity index (χ3v) is 5.66. The highest BCUT2D eigenvalue weighted by Crippen LogP contribution is 2.34. The monoisotopic (exact) mass is 438 g/mol. The maximum atomic E-state index is 6.49. The molecule has 0 N–H and O–H groups in total. The highest BCUT2D eigenvalue weighted by Gasteiger charge is 2.21. The summed E-state index contributed by atoms with van der Waals surface area (Å²) < 4.78 is 2.14. The fraction of sp³-hybridized carbons (Fsp3) is 0.250. The largest absolute Gasteiger partial charge is 0.352 e. The molecular weight excluding hydrogens is 415 g/mol. The van der Waals surface area contributed by atoms with Crippen molar-refractivity contribution in [2.24, 2.45) is 0 Å². The zero-order chi connectivity index (χ0) is 21.1. The molecule has 0 radical (unpaired) electrons. The Balaban J connectivity index is 1.87. The lowest BCUT2D eigenvalue weighted by Crippen LogP contribution is -2.26. The van der Waals surface area contributed by atoms with Gasteiger partial charge in [-0.3, -0.25) is 9.38 Å². The third kappa shape index (κ3) is 4.03. The van der Waals surface area contributed by atoms with Gasteiger partial charge >= 0.3 is 0 Å². The molecule has 4 rings (SSSR count). The van der Waals surface area contributed by atoms with E-state index in [4.69, 9.17) is 28.2 Å². The van der Waals surface area contributed by atoms with Crippen molar-refractivity contribution in [3.05, 3.63) is 82.2 Å². The van der Waals surface area contributed by atoms with E-state index in [-0.39, 0.29) is 0 Å². The van der Waals surface area contributed by atoms with Gasteiger partial charge in [-0.05, 0) is 36.6 Å². The van der Waals surface area contributed by atoms with Crippen LogP contribution in [0.5, 0.6) is 0 Å². The average Bonchev–Trinajstić information content (AvgIpc) is 3.13. The van der Waals surface area contributed by atoms with E-state index in [1.165, 1.54) is 5.56 Å². The van der Waals surface area contributed by atoms with Crippen LogP contribution in [-0.2, 0) is 13.0 Å². The van der Waals surface area contributed by atoms with Gasteiger partial charge in [0.2, 0.25) is 0 Å². The Hall–Kier alpha value is -2.56. The van der Waals surface area contributed by atoms with Crippen LogP contribution in [0.1, 0.15) is 31.5 Å². The van der Waals surface area contributed by atoms with Crippen molar-refractivity contribution in [3.63, 3.8) is 0 Å². The number of halogens is 2. The topological polar surface area (TPSA) is 33.4 Å². The number of fused-ring (bicyclic) bond motifs is 1. The molecule has 4 aromatic rings. The van der Waals surface area contributed by atoms with Gasteiger partial charge in [0.05, 0.1) is 10.7 Å². The Morgan fingerprint density at radius 2 is 1.83 bits per heavy atom. The highest BCUT2D eigenvalue weighted by atomic mass is 35.5. The van der Waals surface area contributed by atoms with E-state index in [0.29, 0.717) is 10.0 Å². The fourth-order valence-corrected chi connectivity index (χ4v) is 4.29. The number of aryl methyl sites for hydroxylation is 1. The van der Waals surface area contributed by atoms with Crippen LogP contribution in [0.3, 0.4) is 0 Å². The Kier molecular flexibility index (Phi) is 6.26. The molecule has 0 aliphatic rings. The minimum Gasteiger partial charge on any atom is -0.352 e. The SMILES string of the molecule is CCCN(Cc1ccccc1)c1c(CC)nc2c(-c3ccc(Cl)cc3Cl)nccn12. The maximum Gasteiger partial charge on any atom is 0.165 e. The normalized spacial score (nSPS) is 11.2. The van der Waals surface area contributed by atoms with Gasteiger partial charge in [-0.25, -0.2) is 4.98 Å². The number of anilines is 1. The maximum absolute atomic E-state index is 6.49. The molecule has 2 heterocycles. The van der Waals surface area contributed by atoms with Crippen LogP contribution in [0.15, 0.2) is 60.9 Å². The van der Waals surface area contributed by atoms with Crippen molar-refractivity contribution in [1.29, 1.82) is 0 Å². The first kappa shape index (κ1) is 20.7. The number of aromatic nitrogens is 3. The van der Waals surface area contributed by atoms with E-state index in [1.807, 2.05) is 30.6 Å². The molecule has 0 saturated heterocycles. The van der Waals surface area contributed by atoms with E-state index >= 15 is 0 Å². The molecule has 0 saturated carbocycles. The smallest absolute Gasteiger partial charge is 0.165 e. The van der Waals surface area contributed by atoms with Crippen LogP contribution in [0.25, 0.3) is 16.9 Å². The molecule has 2 aromatic heterocycles. The predicted molar refractivity (Wildman–Crippen MR) is 126 cm³/mol. The van der Waals surface area contributed by atoms with Crippen molar-refractivity contribution < 1.29 is 0 Å². The first-order valence-corrected chi connectivity index (χ1v) is 11.0. The molecule has 4 nitrogen and oxygen atoms in total. The summed E-state index contributed by atoms with van der Waals surface area (Å²) in [5.41, 5.74) is 4.73. The standard InChI is InChI=1S/C24H24Cl2N4/c1-3-13-29(16-17-8-6-5-7-9-17)24-21(4-2)28-23-22(27-12-14-30(23)24)19-11-10-18(25)15-20(19)26/h5-12,14-15H,3-4,13,16H2,1-2H3. The summed E-state index contributed by atoms with van der Waals surface area (Å²) in [7, 11) is 0. The van der Waals surface area contributed by atoms with Crippen LogP contribution in [0.4, 0.5) is 5.82 Å². The second-order valence-electron chi connectivity index (χ2n) is 7.24. The minimum atomic E-state index is 0.570. The number of imidazole rings is 1. The highest BCUT2D eigenvalue weighted by molar-refractivity contribution is 6.36. The number of hydrogen-bond acceptors (Lipinski definition) is 3. The molecule has 0 fully saturated rings. The van der Waals surface area contributed by atoms with Gasteiger partial charge in [-0.1, -0.05) is 67.4 Å². The van der Waals surface area contributed by atoms with Gasteiger partial charge in [-0.15, -0.1) is 0 Å². The van der Waals surface area contributed by atoms with Crippen molar-refractivity contribution >= 4 is 34.7 Å². The second kappa shape index (κ2) is 9.07. The van der Waals surface area contributed by atoms with Crippen LogP contribution < -0.4 is 4.90 Å². The first-order chi connectivity index (χ1) is 14.6.